The van der Waals surface area contributed by atoms with E-state index in [0.717, 1.165) is 18.6 Å². The second-order valence-electron chi connectivity index (χ2n) is 4.85. The van der Waals surface area contributed by atoms with E-state index >= 15 is 0 Å². The van der Waals surface area contributed by atoms with Crippen molar-refractivity contribution in [3.63, 3.8) is 0 Å². The number of rotatable bonds is 8. The van der Waals surface area contributed by atoms with E-state index < -0.39 is 0 Å². The molecule has 0 heterocycles. The standard InChI is InChI=1S/C15H25NO2/c1-12-6-4-5-7-15(12)18-14(3)9-8-13(2)16-10-11-17/h4-7,13-14,16-17H,8-11H2,1-3H3/t13-,14-/m0/s1. The van der Waals surface area contributed by atoms with Gasteiger partial charge in [-0.05, 0) is 45.2 Å². The fraction of sp³-hybridized carbons (Fsp3) is 0.600. The minimum Gasteiger partial charge on any atom is -0.490 e. The summed E-state index contributed by atoms with van der Waals surface area (Å²) in [5.41, 5.74) is 1.18. The van der Waals surface area contributed by atoms with Gasteiger partial charge in [-0.25, -0.2) is 0 Å². The lowest BCUT2D eigenvalue weighted by Gasteiger charge is -2.19. The Balaban J connectivity index is 2.29. The molecule has 0 fully saturated rings. The average Bonchev–Trinajstić information content (AvgIpc) is 2.36. The zero-order valence-corrected chi connectivity index (χ0v) is 11.6. The number of nitrogens with one attached hydrogen (secondary N) is 1. The van der Waals surface area contributed by atoms with Crippen molar-refractivity contribution in [2.75, 3.05) is 13.2 Å². The van der Waals surface area contributed by atoms with E-state index in [1.807, 2.05) is 18.2 Å². The van der Waals surface area contributed by atoms with Gasteiger partial charge in [-0.3, -0.25) is 0 Å². The molecule has 3 heteroatoms. The Morgan fingerprint density at radius 2 is 1.94 bits per heavy atom. The lowest BCUT2D eigenvalue weighted by Crippen LogP contribution is -2.30. The summed E-state index contributed by atoms with van der Waals surface area (Å²) < 4.78 is 5.92. The molecule has 3 nitrogen and oxygen atoms in total. The lowest BCUT2D eigenvalue weighted by molar-refractivity contribution is 0.200. The first kappa shape index (κ1) is 15.0. The number of ether oxygens (including phenoxy) is 1. The Kier molecular flexibility index (Phi) is 6.76. The van der Waals surface area contributed by atoms with Crippen LogP contribution in [0.4, 0.5) is 0 Å². The molecule has 1 aromatic rings. The van der Waals surface area contributed by atoms with Gasteiger partial charge in [0.2, 0.25) is 0 Å². The fourth-order valence-corrected chi connectivity index (χ4v) is 1.86. The molecule has 0 aromatic heterocycles. The van der Waals surface area contributed by atoms with Gasteiger partial charge >= 0.3 is 0 Å². The van der Waals surface area contributed by atoms with Crippen LogP contribution in [-0.4, -0.2) is 30.4 Å². The summed E-state index contributed by atoms with van der Waals surface area (Å²) in [4.78, 5) is 0. The number of aryl methyl sites for hydroxylation is 1. The third-order valence-corrected chi connectivity index (χ3v) is 3.03. The summed E-state index contributed by atoms with van der Waals surface area (Å²) >= 11 is 0. The van der Waals surface area contributed by atoms with E-state index in [1.165, 1.54) is 5.56 Å². The maximum absolute atomic E-state index is 8.73. The second-order valence-corrected chi connectivity index (χ2v) is 4.85. The highest BCUT2D eigenvalue weighted by molar-refractivity contribution is 5.31. The van der Waals surface area contributed by atoms with Crippen molar-refractivity contribution in [2.24, 2.45) is 0 Å². The first-order chi connectivity index (χ1) is 8.63. The quantitative estimate of drug-likeness (QED) is 0.746. The lowest BCUT2D eigenvalue weighted by atomic mass is 10.1. The van der Waals surface area contributed by atoms with Gasteiger partial charge < -0.3 is 15.2 Å². The minimum absolute atomic E-state index is 0.194. The number of aliphatic hydroxyl groups excluding tert-OH is 1. The van der Waals surface area contributed by atoms with Crippen molar-refractivity contribution in [3.05, 3.63) is 29.8 Å². The normalized spacial score (nSPS) is 14.2. The SMILES string of the molecule is Cc1ccccc1O[C@@H](C)CC[C@H](C)NCCO. The maximum Gasteiger partial charge on any atom is 0.122 e. The Bertz CT molecular complexity index is 341. The topological polar surface area (TPSA) is 41.5 Å². The van der Waals surface area contributed by atoms with Gasteiger partial charge in [0.1, 0.15) is 5.75 Å². The smallest absolute Gasteiger partial charge is 0.122 e. The van der Waals surface area contributed by atoms with Gasteiger partial charge in [0.15, 0.2) is 0 Å². The van der Waals surface area contributed by atoms with Crippen LogP contribution < -0.4 is 10.1 Å². The Morgan fingerprint density at radius 3 is 2.61 bits per heavy atom. The molecule has 0 aliphatic rings. The molecular formula is C15H25NO2. The summed E-state index contributed by atoms with van der Waals surface area (Å²) in [5, 5.41) is 12.0. The summed E-state index contributed by atoms with van der Waals surface area (Å²) in [7, 11) is 0. The van der Waals surface area contributed by atoms with Crippen LogP contribution in [0.3, 0.4) is 0 Å². The highest BCUT2D eigenvalue weighted by Gasteiger charge is 2.08. The zero-order chi connectivity index (χ0) is 13.4. The molecule has 0 saturated carbocycles. The van der Waals surface area contributed by atoms with E-state index in [2.05, 4.69) is 32.2 Å². The first-order valence-corrected chi connectivity index (χ1v) is 6.70. The van der Waals surface area contributed by atoms with Gasteiger partial charge in [-0.1, -0.05) is 18.2 Å². The van der Waals surface area contributed by atoms with Crippen molar-refractivity contribution in [1.29, 1.82) is 0 Å². The molecule has 0 bridgehead atoms. The van der Waals surface area contributed by atoms with Crippen LogP contribution in [0.15, 0.2) is 24.3 Å². The van der Waals surface area contributed by atoms with Gasteiger partial charge in [-0.15, -0.1) is 0 Å². The van der Waals surface area contributed by atoms with Crippen molar-refractivity contribution in [1.82, 2.24) is 5.32 Å². The maximum atomic E-state index is 8.73. The number of hydrogen-bond acceptors (Lipinski definition) is 3. The van der Waals surface area contributed by atoms with Gasteiger partial charge in [0, 0.05) is 12.6 Å². The summed E-state index contributed by atoms with van der Waals surface area (Å²) in [6.07, 6.45) is 2.27. The molecule has 0 aliphatic heterocycles. The van der Waals surface area contributed by atoms with Crippen LogP contribution in [0.1, 0.15) is 32.3 Å². The van der Waals surface area contributed by atoms with Gasteiger partial charge in [-0.2, -0.15) is 0 Å². The summed E-state index contributed by atoms with van der Waals surface area (Å²) in [6, 6.07) is 8.51. The molecule has 102 valence electrons. The van der Waals surface area contributed by atoms with Crippen molar-refractivity contribution >= 4 is 0 Å². The van der Waals surface area contributed by atoms with Crippen LogP contribution >= 0.6 is 0 Å². The van der Waals surface area contributed by atoms with Crippen LogP contribution in [0.5, 0.6) is 5.75 Å². The number of aliphatic hydroxyl groups is 1. The van der Waals surface area contributed by atoms with Crippen molar-refractivity contribution < 1.29 is 9.84 Å². The molecule has 0 amide bonds. The van der Waals surface area contributed by atoms with E-state index in [-0.39, 0.29) is 12.7 Å². The number of benzene rings is 1. The first-order valence-electron chi connectivity index (χ1n) is 6.70. The minimum atomic E-state index is 0.194. The number of hydrogen-bond donors (Lipinski definition) is 2. The summed E-state index contributed by atoms with van der Waals surface area (Å²) in [5.74, 6) is 0.973. The molecule has 0 aliphatic carbocycles. The molecule has 2 atom stereocenters. The molecule has 2 N–H and O–H groups in total. The molecular weight excluding hydrogens is 226 g/mol. The highest BCUT2D eigenvalue weighted by atomic mass is 16.5. The van der Waals surface area contributed by atoms with E-state index in [9.17, 15) is 0 Å². The fourth-order valence-electron chi connectivity index (χ4n) is 1.86. The predicted octanol–water partition coefficient (Wildman–Crippen LogP) is 2.51. The Morgan fingerprint density at radius 1 is 1.22 bits per heavy atom. The monoisotopic (exact) mass is 251 g/mol. The van der Waals surface area contributed by atoms with Crippen LogP contribution in [0.25, 0.3) is 0 Å². The molecule has 18 heavy (non-hydrogen) atoms. The van der Waals surface area contributed by atoms with E-state index in [0.29, 0.717) is 12.6 Å². The van der Waals surface area contributed by atoms with Crippen molar-refractivity contribution in [3.8, 4) is 5.75 Å². The van der Waals surface area contributed by atoms with Crippen molar-refractivity contribution in [2.45, 2.75) is 45.8 Å². The zero-order valence-electron chi connectivity index (χ0n) is 11.6. The molecule has 0 saturated heterocycles. The largest absolute Gasteiger partial charge is 0.490 e. The molecule has 1 rings (SSSR count). The second kappa shape index (κ2) is 8.11. The molecule has 0 unspecified atom stereocenters. The van der Waals surface area contributed by atoms with Crippen LogP contribution in [0.2, 0.25) is 0 Å². The van der Waals surface area contributed by atoms with E-state index in [1.54, 1.807) is 0 Å². The van der Waals surface area contributed by atoms with E-state index in [4.69, 9.17) is 9.84 Å². The van der Waals surface area contributed by atoms with Crippen LogP contribution in [0, 0.1) is 6.92 Å². The highest BCUT2D eigenvalue weighted by Crippen LogP contribution is 2.19. The Hall–Kier alpha value is -1.06. The third kappa shape index (κ3) is 5.52. The third-order valence-electron chi connectivity index (χ3n) is 3.03. The molecule has 1 aromatic carbocycles. The molecule has 0 radical (unpaired) electrons. The predicted molar refractivity (Wildman–Crippen MR) is 75.1 cm³/mol. The Labute approximate surface area is 110 Å². The number of para-hydroxylation sites is 1. The average molecular weight is 251 g/mol. The summed E-state index contributed by atoms with van der Waals surface area (Å²) in [6.45, 7) is 7.16. The molecule has 0 spiro atoms. The van der Waals surface area contributed by atoms with Gasteiger partial charge in [0.25, 0.3) is 0 Å². The van der Waals surface area contributed by atoms with Crippen LogP contribution in [-0.2, 0) is 0 Å². The van der Waals surface area contributed by atoms with Gasteiger partial charge in [0.05, 0.1) is 12.7 Å².